The molecule has 0 aromatic heterocycles. The van der Waals surface area contributed by atoms with E-state index >= 15 is 0 Å². The van der Waals surface area contributed by atoms with E-state index in [9.17, 15) is 0 Å². The van der Waals surface area contributed by atoms with Crippen molar-refractivity contribution in [2.24, 2.45) is 0 Å². The maximum absolute atomic E-state index is 6.12. The van der Waals surface area contributed by atoms with Gasteiger partial charge < -0.3 is 15.0 Å². The quantitative estimate of drug-likeness (QED) is 0.921. The molecule has 5 heteroatoms. The smallest absolute Gasteiger partial charge is 0.156 e. The number of halogens is 2. The number of ether oxygens (including phenoxy) is 1. The summed E-state index contributed by atoms with van der Waals surface area (Å²) >= 11 is 12.2. The molecular weight excluding hydrogens is 271 g/mol. The highest BCUT2D eigenvalue weighted by Gasteiger charge is 2.11. The third-order valence-corrected chi connectivity index (χ3v) is 3.75. The molecule has 3 nitrogen and oxygen atoms in total. The van der Waals surface area contributed by atoms with Gasteiger partial charge in [-0.05, 0) is 24.1 Å². The molecule has 0 spiro atoms. The molecule has 1 aromatic carbocycles. The van der Waals surface area contributed by atoms with Crippen LogP contribution < -0.4 is 10.1 Å². The zero-order valence-electron chi connectivity index (χ0n) is 10.5. The van der Waals surface area contributed by atoms with E-state index in [1.54, 1.807) is 7.11 Å². The molecule has 1 N–H and O–H groups in total. The third-order valence-electron chi connectivity index (χ3n) is 3.19. The van der Waals surface area contributed by atoms with Gasteiger partial charge in [0.1, 0.15) is 0 Å². The van der Waals surface area contributed by atoms with Gasteiger partial charge in [-0.25, -0.2) is 0 Å². The van der Waals surface area contributed by atoms with Gasteiger partial charge in [0.15, 0.2) is 5.75 Å². The molecule has 0 amide bonds. The van der Waals surface area contributed by atoms with Gasteiger partial charge in [-0.3, -0.25) is 0 Å². The van der Waals surface area contributed by atoms with Crippen LogP contribution in [-0.2, 0) is 6.42 Å². The zero-order valence-corrected chi connectivity index (χ0v) is 12.0. The normalized spacial score (nSPS) is 16.8. The summed E-state index contributed by atoms with van der Waals surface area (Å²) in [5, 5.41) is 4.51. The van der Waals surface area contributed by atoms with Crippen LogP contribution in [0.2, 0.25) is 10.0 Å². The van der Waals surface area contributed by atoms with Crippen molar-refractivity contribution in [3.63, 3.8) is 0 Å². The van der Waals surface area contributed by atoms with E-state index in [1.165, 1.54) is 0 Å². The van der Waals surface area contributed by atoms with Crippen molar-refractivity contribution in [1.82, 2.24) is 10.2 Å². The molecule has 1 saturated heterocycles. The standard InChI is InChI=1S/C13H18Cl2N2O/c1-18-13-11(14)8-10(9-12(13)15)2-5-17-6-3-16-4-7-17/h8-9,16H,2-7H2,1H3. The molecule has 0 aliphatic carbocycles. The molecule has 18 heavy (non-hydrogen) atoms. The van der Waals surface area contributed by atoms with Crippen LogP contribution in [0.25, 0.3) is 0 Å². The first kappa shape index (κ1) is 13.9. The van der Waals surface area contributed by atoms with Crippen LogP contribution in [0, 0.1) is 0 Å². The molecule has 1 aromatic rings. The first-order valence-electron chi connectivity index (χ1n) is 6.15. The van der Waals surface area contributed by atoms with E-state index < -0.39 is 0 Å². The van der Waals surface area contributed by atoms with Crippen molar-refractivity contribution in [2.45, 2.75) is 6.42 Å². The first-order valence-corrected chi connectivity index (χ1v) is 6.91. The lowest BCUT2D eigenvalue weighted by molar-refractivity contribution is 0.244. The summed E-state index contributed by atoms with van der Waals surface area (Å²) < 4.78 is 5.14. The number of hydrogen-bond donors (Lipinski definition) is 1. The van der Waals surface area contributed by atoms with Gasteiger partial charge in [0.25, 0.3) is 0 Å². The molecule has 2 rings (SSSR count). The maximum Gasteiger partial charge on any atom is 0.156 e. The number of methoxy groups -OCH3 is 1. The first-order chi connectivity index (χ1) is 8.70. The fourth-order valence-corrected chi connectivity index (χ4v) is 2.86. The summed E-state index contributed by atoms with van der Waals surface area (Å²) in [5.41, 5.74) is 1.16. The largest absolute Gasteiger partial charge is 0.494 e. The van der Waals surface area contributed by atoms with Gasteiger partial charge in [-0.15, -0.1) is 0 Å². The number of nitrogens with one attached hydrogen (secondary N) is 1. The van der Waals surface area contributed by atoms with E-state index in [0.717, 1.165) is 44.7 Å². The molecule has 1 aliphatic heterocycles. The monoisotopic (exact) mass is 288 g/mol. The summed E-state index contributed by atoms with van der Waals surface area (Å²) in [6.45, 7) is 5.41. The third kappa shape index (κ3) is 3.51. The minimum absolute atomic E-state index is 0.559. The van der Waals surface area contributed by atoms with Gasteiger partial charge in [-0.2, -0.15) is 0 Å². The highest BCUT2D eigenvalue weighted by Crippen LogP contribution is 2.33. The lowest BCUT2D eigenvalue weighted by Gasteiger charge is -2.27. The van der Waals surface area contributed by atoms with Crippen LogP contribution in [0.3, 0.4) is 0 Å². The Bertz CT molecular complexity index is 383. The van der Waals surface area contributed by atoms with E-state index in [1.807, 2.05) is 12.1 Å². The van der Waals surface area contributed by atoms with Crippen LogP contribution in [0.5, 0.6) is 5.75 Å². The Morgan fingerprint density at radius 1 is 1.22 bits per heavy atom. The van der Waals surface area contributed by atoms with Crippen molar-refractivity contribution in [1.29, 1.82) is 0 Å². The number of rotatable bonds is 4. The lowest BCUT2D eigenvalue weighted by atomic mass is 10.1. The topological polar surface area (TPSA) is 24.5 Å². The van der Waals surface area contributed by atoms with Crippen molar-refractivity contribution < 1.29 is 4.74 Å². The fourth-order valence-electron chi connectivity index (χ4n) is 2.17. The van der Waals surface area contributed by atoms with Gasteiger partial charge in [0, 0.05) is 32.7 Å². The summed E-state index contributed by atoms with van der Waals surface area (Å²) in [4.78, 5) is 2.45. The Morgan fingerprint density at radius 3 is 2.39 bits per heavy atom. The van der Waals surface area contributed by atoms with Gasteiger partial charge in [0.05, 0.1) is 17.2 Å². The zero-order chi connectivity index (χ0) is 13.0. The van der Waals surface area contributed by atoms with Crippen molar-refractivity contribution in [2.75, 3.05) is 39.8 Å². The summed E-state index contributed by atoms with van der Waals surface area (Å²) in [6.07, 6.45) is 0.962. The Balaban J connectivity index is 1.96. The SMILES string of the molecule is COc1c(Cl)cc(CCN2CCNCC2)cc1Cl. The Morgan fingerprint density at radius 2 is 1.83 bits per heavy atom. The van der Waals surface area contributed by atoms with Crippen molar-refractivity contribution >= 4 is 23.2 Å². The molecular formula is C13H18Cl2N2O. The molecule has 0 unspecified atom stereocenters. The van der Waals surface area contributed by atoms with Crippen LogP contribution in [0.1, 0.15) is 5.56 Å². The molecule has 100 valence electrons. The molecule has 0 bridgehead atoms. The van der Waals surface area contributed by atoms with Crippen molar-refractivity contribution in [3.05, 3.63) is 27.7 Å². The van der Waals surface area contributed by atoms with Crippen LogP contribution in [0.4, 0.5) is 0 Å². The molecule has 0 atom stereocenters. The minimum Gasteiger partial charge on any atom is -0.494 e. The van der Waals surface area contributed by atoms with E-state index in [0.29, 0.717) is 15.8 Å². The number of nitrogens with zero attached hydrogens (tertiary/aromatic N) is 1. The Hall–Kier alpha value is -0.480. The number of benzene rings is 1. The number of piperazine rings is 1. The summed E-state index contributed by atoms with van der Waals surface area (Å²) in [7, 11) is 1.58. The van der Waals surface area contributed by atoms with Gasteiger partial charge >= 0.3 is 0 Å². The van der Waals surface area contributed by atoms with Crippen LogP contribution >= 0.6 is 23.2 Å². The molecule has 1 heterocycles. The highest BCUT2D eigenvalue weighted by molar-refractivity contribution is 6.37. The number of hydrogen-bond acceptors (Lipinski definition) is 3. The fraction of sp³-hybridized carbons (Fsp3) is 0.538. The van der Waals surface area contributed by atoms with Crippen LogP contribution in [-0.4, -0.2) is 44.7 Å². The van der Waals surface area contributed by atoms with E-state index in [4.69, 9.17) is 27.9 Å². The summed E-state index contributed by atoms with van der Waals surface area (Å²) in [5.74, 6) is 0.559. The molecule has 0 saturated carbocycles. The average molecular weight is 289 g/mol. The summed E-state index contributed by atoms with van der Waals surface area (Å²) in [6, 6.07) is 3.88. The lowest BCUT2D eigenvalue weighted by Crippen LogP contribution is -2.44. The highest BCUT2D eigenvalue weighted by atomic mass is 35.5. The predicted octanol–water partition coefficient (Wildman–Crippen LogP) is 2.45. The molecule has 1 fully saturated rings. The predicted molar refractivity (Wildman–Crippen MR) is 76.0 cm³/mol. The maximum atomic E-state index is 6.12. The minimum atomic E-state index is 0.559. The Labute approximate surface area is 118 Å². The second-order valence-electron chi connectivity index (χ2n) is 4.43. The van der Waals surface area contributed by atoms with Crippen LogP contribution in [0.15, 0.2) is 12.1 Å². The molecule has 0 radical (unpaired) electrons. The second kappa shape index (κ2) is 6.62. The molecule has 1 aliphatic rings. The second-order valence-corrected chi connectivity index (χ2v) is 5.25. The van der Waals surface area contributed by atoms with Gasteiger partial charge in [0.2, 0.25) is 0 Å². The van der Waals surface area contributed by atoms with Crippen molar-refractivity contribution in [3.8, 4) is 5.75 Å². The van der Waals surface area contributed by atoms with Gasteiger partial charge in [-0.1, -0.05) is 23.2 Å². The van der Waals surface area contributed by atoms with E-state index in [2.05, 4.69) is 10.2 Å². The Kier molecular flexibility index (Phi) is 5.13. The van der Waals surface area contributed by atoms with E-state index in [-0.39, 0.29) is 0 Å². The average Bonchev–Trinajstić information content (AvgIpc) is 2.37.